The maximum atomic E-state index is 11.0. The first-order valence-corrected chi connectivity index (χ1v) is 6.75. The van der Waals surface area contributed by atoms with Crippen molar-refractivity contribution >= 4 is 35.6 Å². The van der Waals surface area contributed by atoms with Crippen LogP contribution in [0.2, 0.25) is 10.0 Å². The van der Waals surface area contributed by atoms with Gasteiger partial charge in [0.1, 0.15) is 12.4 Å². The molecule has 0 N–H and O–H groups in total. The highest BCUT2D eigenvalue weighted by Gasteiger charge is 2.09. The Labute approximate surface area is 127 Å². The molecule has 4 heteroatoms. The van der Waals surface area contributed by atoms with E-state index >= 15 is 0 Å². The quantitative estimate of drug-likeness (QED) is 0.735. The third-order valence-corrected chi connectivity index (χ3v) is 3.10. The second-order valence-electron chi connectivity index (χ2n) is 4.05. The van der Waals surface area contributed by atoms with Gasteiger partial charge in [-0.05, 0) is 23.8 Å². The van der Waals surface area contributed by atoms with E-state index in [0.29, 0.717) is 34.3 Å². The summed E-state index contributed by atoms with van der Waals surface area (Å²) in [4.78, 5) is 11.0. The van der Waals surface area contributed by atoms with Crippen molar-refractivity contribution in [2.75, 3.05) is 6.61 Å². The van der Waals surface area contributed by atoms with Gasteiger partial charge in [-0.2, -0.15) is 0 Å². The molecule has 0 spiro atoms. The summed E-state index contributed by atoms with van der Waals surface area (Å²) in [5, 5.41) is 0.733. The summed E-state index contributed by atoms with van der Waals surface area (Å²) in [6.45, 7) is 0.317. The molecule has 2 aromatic carbocycles. The van der Waals surface area contributed by atoms with Crippen molar-refractivity contribution in [2.45, 2.75) is 0 Å². The zero-order valence-corrected chi connectivity index (χ0v) is 12.1. The van der Waals surface area contributed by atoms with Crippen LogP contribution in [0.4, 0.5) is 0 Å². The van der Waals surface area contributed by atoms with Crippen molar-refractivity contribution in [3.05, 3.63) is 69.7 Å². The van der Waals surface area contributed by atoms with E-state index in [9.17, 15) is 4.79 Å². The van der Waals surface area contributed by atoms with Crippen LogP contribution in [0.15, 0.2) is 48.5 Å². The van der Waals surface area contributed by atoms with Gasteiger partial charge in [0.25, 0.3) is 0 Å². The fraction of sp³-hybridized carbons (Fsp3) is 0.0625. The van der Waals surface area contributed by atoms with Gasteiger partial charge < -0.3 is 4.74 Å². The van der Waals surface area contributed by atoms with Gasteiger partial charge >= 0.3 is 0 Å². The zero-order chi connectivity index (χ0) is 14.4. The highest BCUT2D eigenvalue weighted by Crippen LogP contribution is 2.31. The molecule has 0 bridgehead atoms. The van der Waals surface area contributed by atoms with Gasteiger partial charge in [0.15, 0.2) is 6.29 Å². The van der Waals surface area contributed by atoms with E-state index in [1.54, 1.807) is 6.07 Å². The highest BCUT2D eigenvalue weighted by atomic mass is 35.5. The van der Waals surface area contributed by atoms with Crippen LogP contribution in [0, 0.1) is 0 Å². The first kappa shape index (κ1) is 14.6. The van der Waals surface area contributed by atoms with Crippen molar-refractivity contribution in [3.63, 3.8) is 0 Å². The van der Waals surface area contributed by atoms with Crippen LogP contribution in [0.1, 0.15) is 15.9 Å². The van der Waals surface area contributed by atoms with Gasteiger partial charge in [-0.15, -0.1) is 0 Å². The number of hydrogen-bond acceptors (Lipinski definition) is 2. The molecule has 0 saturated heterocycles. The van der Waals surface area contributed by atoms with Gasteiger partial charge in [0, 0.05) is 5.02 Å². The Kier molecular flexibility index (Phi) is 5.22. The van der Waals surface area contributed by atoms with Gasteiger partial charge in [-0.1, -0.05) is 59.6 Å². The summed E-state index contributed by atoms with van der Waals surface area (Å²) in [5.74, 6) is 0.351. The van der Waals surface area contributed by atoms with Gasteiger partial charge in [0.05, 0.1) is 10.6 Å². The van der Waals surface area contributed by atoms with Crippen LogP contribution < -0.4 is 4.74 Å². The number of hydrogen-bond donors (Lipinski definition) is 0. The molecular formula is C16H12Cl2O2. The Hall–Kier alpha value is -1.77. The molecule has 0 heterocycles. The van der Waals surface area contributed by atoms with Crippen molar-refractivity contribution < 1.29 is 9.53 Å². The number of carbonyl (C=O) groups is 1. The van der Waals surface area contributed by atoms with E-state index in [-0.39, 0.29) is 0 Å². The summed E-state index contributed by atoms with van der Waals surface area (Å²) in [6, 6.07) is 12.9. The molecule has 20 heavy (non-hydrogen) atoms. The SMILES string of the molecule is O=Cc1cc(Cl)cc(Cl)c1OC/C=C/c1ccccc1. The Bertz CT molecular complexity index is 622. The molecule has 102 valence electrons. The summed E-state index contributed by atoms with van der Waals surface area (Å²) < 4.78 is 5.53. The average molecular weight is 307 g/mol. The fourth-order valence-corrected chi connectivity index (χ4v) is 2.26. The van der Waals surface area contributed by atoms with Crippen LogP contribution in [0.5, 0.6) is 5.75 Å². The van der Waals surface area contributed by atoms with Gasteiger partial charge in [-0.3, -0.25) is 4.79 Å². The first-order chi connectivity index (χ1) is 9.70. The number of aldehydes is 1. The molecule has 2 nitrogen and oxygen atoms in total. The van der Waals surface area contributed by atoms with E-state index in [1.807, 2.05) is 42.5 Å². The van der Waals surface area contributed by atoms with E-state index < -0.39 is 0 Å². The lowest BCUT2D eigenvalue weighted by Crippen LogP contribution is -1.98. The van der Waals surface area contributed by atoms with E-state index in [1.165, 1.54) is 6.07 Å². The Balaban J connectivity index is 2.04. The van der Waals surface area contributed by atoms with Crippen LogP contribution >= 0.6 is 23.2 Å². The molecule has 0 atom stereocenters. The van der Waals surface area contributed by atoms with Crippen LogP contribution in [0.25, 0.3) is 6.08 Å². The Morgan fingerprint density at radius 3 is 2.55 bits per heavy atom. The second-order valence-corrected chi connectivity index (χ2v) is 4.89. The molecule has 2 rings (SSSR count). The monoisotopic (exact) mass is 306 g/mol. The molecular weight excluding hydrogens is 295 g/mol. The van der Waals surface area contributed by atoms with Crippen molar-refractivity contribution in [1.29, 1.82) is 0 Å². The average Bonchev–Trinajstić information content (AvgIpc) is 2.45. The van der Waals surface area contributed by atoms with Crippen molar-refractivity contribution in [2.24, 2.45) is 0 Å². The third kappa shape index (κ3) is 3.86. The van der Waals surface area contributed by atoms with Crippen molar-refractivity contribution in [3.8, 4) is 5.75 Å². The Morgan fingerprint density at radius 2 is 1.85 bits per heavy atom. The molecule has 0 unspecified atom stereocenters. The minimum absolute atomic E-state index is 0.317. The standard InChI is InChI=1S/C16H12Cl2O2/c17-14-9-13(11-19)16(15(18)10-14)20-8-4-7-12-5-2-1-3-6-12/h1-7,9-11H,8H2/b7-4+. The minimum Gasteiger partial charge on any atom is -0.487 e. The number of halogens is 2. The molecule has 0 fully saturated rings. The van der Waals surface area contributed by atoms with Gasteiger partial charge in [0.2, 0.25) is 0 Å². The largest absolute Gasteiger partial charge is 0.487 e. The lowest BCUT2D eigenvalue weighted by molar-refractivity contribution is 0.112. The predicted octanol–water partition coefficient (Wildman–Crippen LogP) is 4.90. The lowest BCUT2D eigenvalue weighted by atomic mass is 10.2. The molecule has 0 aliphatic rings. The summed E-state index contributed by atoms with van der Waals surface area (Å²) in [5.41, 5.74) is 1.42. The molecule has 0 aliphatic heterocycles. The summed E-state index contributed by atoms with van der Waals surface area (Å²) in [6.07, 6.45) is 4.47. The summed E-state index contributed by atoms with van der Waals surface area (Å²) >= 11 is 11.8. The van der Waals surface area contributed by atoms with Gasteiger partial charge in [-0.25, -0.2) is 0 Å². The third-order valence-electron chi connectivity index (χ3n) is 2.60. The zero-order valence-electron chi connectivity index (χ0n) is 10.6. The molecule has 0 aliphatic carbocycles. The molecule has 2 aromatic rings. The highest BCUT2D eigenvalue weighted by molar-refractivity contribution is 6.36. The molecule has 0 aromatic heterocycles. The predicted molar refractivity (Wildman–Crippen MR) is 82.8 cm³/mol. The smallest absolute Gasteiger partial charge is 0.153 e. The van der Waals surface area contributed by atoms with E-state index in [0.717, 1.165) is 5.56 Å². The molecule has 0 saturated carbocycles. The lowest BCUT2D eigenvalue weighted by Gasteiger charge is -2.08. The second kappa shape index (κ2) is 7.13. The summed E-state index contributed by atoms with van der Waals surface area (Å²) in [7, 11) is 0. The number of ether oxygens (including phenoxy) is 1. The first-order valence-electron chi connectivity index (χ1n) is 5.99. The number of carbonyl (C=O) groups excluding carboxylic acids is 1. The topological polar surface area (TPSA) is 26.3 Å². The van der Waals surface area contributed by atoms with Crippen LogP contribution in [-0.4, -0.2) is 12.9 Å². The molecule has 0 amide bonds. The number of benzene rings is 2. The van der Waals surface area contributed by atoms with E-state index in [2.05, 4.69) is 0 Å². The number of rotatable bonds is 5. The Morgan fingerprint density at radius 1 is 1.10 bits per heavy atom. The van der Waals surface area contributed by atoms with Crippen LogP contribution in [0.3, 0.4) is 0 Å². The maximum Gasteiger partial charge on any atom is 0.153 e. The maximum absolute atomic E-state index is 11.0. The van der Waals surface area contributed by atoms with Crippen LogP contribution in [-0.2, 0) is 0 Å². The minimum atomic E-state index is 0.317. The fourth-order valence-electron chi connectivity index (χ4n) is 1.70. The van der Waals surface area contributed by atoms with Crippen molar-refractivity contribution in [1.82, 2.24) is 0 Å². The molecule has 0 radical (unpaired) electrons. The normalized spacial score (nSPS) is 10.7. The van der Waals surface area contributed by atoms with E-state index in [4.69, 9.17) is 27.9 Å².